The van der Waals surface area contributed by atoms with E-state index in [2.05, 4.69) is 15.2 Å². The van der Waals surface area contributed by atoms with Gasteiger partial charge >= 0.3 is 5.97 Å². The van der Waals surface area contributed by atoms with Crippen LogP contribution in [0.5, 0.6) is 0 Å². The van der Waals surface area contributed by atoms with Crippen molar-refractivity contribution in [3.05, 3.63) is 60.2 Å². The lowest BCUT2D eigenvalue weighted by Crippen LogP contribution is -2.32. The lowest BCUT2D eigenvalue weighted by Gasteiger charge is -2.04. The van der Waals surface area contributed by atoms with E-state index in [9.17, 15) is 4.79 Å². The van der Waals surface area contributed by atoms with Gasteiger partial charge in [0.1, 0.15) is 12.4 Å². The Labute approximate surface area is 144 Å². The topological polar surface area (TPSA) is 133 Å². The molecule has 5 N–H and O–H groups in total. The average molecular weight is 338 g/mol. The summed E-state index contributed by atoms with van der Waals surface area (Å²) < 4.78 is 1.68. The van der Waals surface area contributed by atoms with E-state index in [1.807, 2.05) is 36.4 Å². The number of imidazole rings is 1. The summed E-state index contributed by atoms with van der Waals surface area (Å²) in [6, 6.07) is 10.5. The zero-order valence-corrected chi connectivity index (χ0v) is 13.4. The molecule has 8 heteroatoms. The van der Waals surface area contributed by atoms with Crippen LogP contribution in [0.4, 0.5) is 0 Å². The van der Waals surface area contributed by atoms with Crippen LogP contribution in [-0.4, -0.2) is 36.9 Å². The fourth-order valence-corrected chi connectivity index (χ4v) is 2.34. The molecule has 25 heavy (non-hydrogen) atoms. The van der Waals surface area contributed by atoms with Crippen LogP contribution in [0.15, 0.2) is 48.9 Å². The van der Waals surface area contributed by atoms with E-state index in [0.29, 0.717) is 18.1 Å². The number of carbonyl (C=O) groups is 1. The number of hydrogen-bond acceptors (Lipinski definition) is 6. The number of nitrogens with zero attached hydrogens (tertiary/aromatic N) is 4. The highest BCUT2D eigenvalue weighted by Crippen LogP contribution is 2.17. The zero-order chi connectivity index (χ0) is 17.8. The Balaban J connectivity index is 1.76. The van der Waals surface area contributed by atoms with Crippen LogP contribution in [0.3, 0.4) is 0 Å². The summed E-state index contributed by atoms with van der Waals surface area (Å²) in [4.78, 5) is 15.0. The Morgan fingerprint density at radius 3 is 2.52 bits per heavy atom. The van der Waals surface area contributed by atoms with Crippen molar-refractivity contribution >= 4 is 5.97 Å². The van der Waals surface area contributed by atoms with Gasteiger partial charge in [0.05, 0.1) is 11.4 Å². The van der Waals surface area contributed by atoms with Crippen molar-refractivity contribution in [1.29, 1.82) is 0 Å². The number of rotatable bonds is 6. The van der Waals surface area contributed by atoms with Gasteiger partial charge in [-0.25, -0.2) is 4.98 Å². The number of carboxylic acid groups (broad SMARTS) is 1. The Kier molecular flexibility index (Phi) is 4.82. The molecule has 0 fully saturated rings. The molecule has 0 saturated heterocycles. The molecule has 2 aromatic heterocycles. The van der Waals surface area contributed by atoms with E-state index in [4.69, 9.17) is 16.6 Å². The maximum absolute atomic E-state index is 10.8. The van der Waals surface area contributed by atoms with Crippen LogP contribution < -0.4 is 11.5 Å². The Morgan fingerprint density at radius 2 is 1.92 bits per heavy atom. The first-order valence-electron chi connectivity index (χ1n) is 7.71. The van der Waals surface area contributed by atoms with Crippen molar-refractivity contribution in [2.24, 2.45) is 11.5 Å². The van der Waals surface area contributed by atoms with Crippen LogP contribution in [0.1, 0.15) is 11.3 Å². The maximum atomic E-state index is 10.8. The first-order chi connectivity index (χ1) is 12.1. The van der Waals surface area contributed by atoms with Gasteiger partial charge in [-0.2, -0.15) is 0 Å². The normalized spacial score (nSPS) is 12.1. The monoisotopic (exact) mass is 338 g/mol. The van der Waals surface area contributed by atoms with Gasteiger partial charge in [-0.3, -0.25) is 9.36 Å². The molecule has 8 nitrogen and oxygen atoms in total. The van der Waals surface area contributed by atoms with E-state index >= 15 is 0 Å². The minimum atomic E-state index is -1.06. The van der Waals surface area contributed by atoms with Gasteiger partial charge in [-0.05, 0) is 17.7 Å². The number of carboxylic acids is 1. The SMILES string of the molecule is NCc1ccc(-c2ccc(-n3cnc(CC(N)C(=O)O)c3)nn2)cc1. The van der Waals surface area contributed by atoms with Gasteiger partial charge in [-0.15, -0.1) is 10.2 Å². The Hall–Kier alpha value is -3.10. The minimum absolute atomic E-state index is 0.154. The molecule has 0 aliphatic carbocycles. The molecule has 3 rings (SSSR count). The summed E-state index contributed by atoms with van der Waals surface area (Å²) in [5.41, 5.74) is 14.5. The summed E-state index contributed by atoms with van der Waals surface area (Å²) in [6.45, 7) is 0.499. The van der Waals surface area contributed by atoms with Gasteiger partial charge in [0.2, 0.25) is 0 Å². The van der Waals surface area contributed by atoms with Gasteiger partial charge in [0.15, 0.2) is 5.82 Å². The highest BCUT2D eigenvalue weighted by Gasteiger charge is 2.14. The third-order valence-corrected chi connectivity index (χ3v) is 3.78. The number of benzene rings is 1. The molecule has 3 aromatic rings. The van der Waals surface area contributed by atoms with E-state index < -0.39 is 12.0 Å². The summed E-state index contributed by atoms with van der Waals surface area (Å²) in [5, 5.41) is 17.3. The lowest BCUT2D eigenvalue weighted by molar-refractivity contribution is -0.138. The standard InChI is InChI=1S/C17H18N6O2/c18-8-11-1-3-12(4-2-11)15-5-6-16(22-21-15)23-9-13(20-10-23)7-14(19)17(24)25/h1-6,9-10,14H,7-8,18-19H2,(H,24,25). The van der Waals surface area contributed by atoms with Gasteiger partial charge in [0, 0.05) is 24.7 Å². The molecule has 1 atom stereocenters. The zero-order valence-electron chi connectivity index (χ0n) is 13.4. The molecule has 2 heterocycles. The molecule has 1 aromatic carbocycles. The average Bonchev–Trinajstić information content (AvgIpc) is 3.10. The molecule has 0 aliphatic rings. The van der Waals surface area contributed by atoms with Gasteiger partial charge in [-0.1, -0.05) is 24.3 Å². The predicted molar refractivity (Wildman–Crippen MR) is 91.8 cm³/mol. The van der Waals surface area contributed by atoms with Crippen molar-refractivity contribution < 1.29 is 9.90 Å². The molecule has 0 bridgehead atoms. The smallest absolute Gasteiger partial charge is 0.320 e. The molecular weight excluding hydrogens is 320 g/mol. The van der Waals surface area contributed by atoms with Crippen molar-refractivity contribution in [1.82, 2.24) is 19.7 Å². The molecular formula is C17H18N6O2. The molecule has 1 unspecified atom stereocenters. The second kappa shape index (κ2) is 7.20. The van der Waals surface area contributed by atoms with Gasteiger partial charge in [0.25, 0.3) is 0 Å². The van der Waals surface area contributed by atoms with Crippen LogP contribution in [0.2, 0.25) is 0 Å². The van der Waals surface area contributed by atoms with Crippen molar-refractivity contribution in [3.63, 3.8) is 0 Å². The maximum Gasteiger partial charge on any atom is 0.320 e. The molecule has 0 aliphatic heterocycles. The van der Waals surface area contributed by atoms with Crippen LogP contribution >= 0.6 is 0 Å². The van der Waals surface area contributed by atoms with Crippen molar-refractivity contribution in [2.75, 3.05) is 0 Å². The fourth-order valence-electron chi connectivity index (χ4n) is 2.34. The fraction of sp³-hybridized carbons (Fsp3) is 0.176. The Bertz CT molecular complexity index is 858. The number of nitrogens with two attached hydrogens (primary N) is 2. The third kappa shape index (κ3) is 3.87. The number of aliphatic carboxylic acids is 1. The van der Waals surface area contributed by atoms with E-state index in [-0.39, 0.29) is 6.42 Å². The molecule has 0 radical (unpaired) electrons. The minimum Gasteiger partial charge on any atom is -0.480 e. The second-order valence-corrected chi connectivity index (χ2v) is 5.60. The van der Waals surface area contributed by atoms with Crippen LogP contribution in [0, 0.1) is 0 Å². The lowest BCUT2D eigenvalue weighted by atomic mass is 10.1. The van der Waals surface area contributed by atoms with Gasteiger partial charge < -0.3 is 16.6 Å². The highest BCUT2D eigenvalue weighted by molar-refractivity contribution is 5.73. The van der Waals surface area contributed by atoms with Crippen molar-refractivity contribution in [2.45, 2.75) is 19.0 Å². The Morgan fingerprint density at radius 1 is 1.16 bits per heavy atom. The van der Waals surface area contributed by atoms with Crippen LogP contribution in [-0.2, 0) is 17.8 Å². The quantitative estimate of drug-likeness (QED) is 0.603. The molecule has 0 saturated carbocycles. The van der Waals surface area contributed by atoms with Crippen molar-refractivity contribution in [3.8, 4) is 17.1 Å². The summed E-state index contributed by atoms with van der Waals surface area (Å²) in [7, 11) is 0. The predicted octanol–water partition coefficient (Wildman–Crippen LogP) is 0.742. The van der Waals surface area contributed by atoms with Crippen LogP contribution in [0.25, 0.3) is 17.1 Å². The van der Waals surface area contributed by atoms with E-state index in [1.54, 1.807) is 17.1 Å². The molecule has 0 spiro atoms. The molecule has 128 valence electrons. The third-order valence-electron chi connectivity index (χ3n) is 3.78. The first-order valence-corrected chi connectivity index (χ1v) is 7.71. The van der Waals surface area contributed by atoms with E-state index in [0.717, 1.165) is 16.8 Å². The largest absolute Gasteiger partial charge is 0.480 e. The summed E-state index contributed by atoms with van der Waals surface area (Å²) in [6.07, 6.45) is 3.41. The molecule has 0 amide bonds. The second-order valence-electron chi connectivity index (χ2n) is 5.60. The van der Waals surface area contributed by atoms with E-state index in [1.165, 1.54) is 0 Å². The number of hydrogen-bond donors (Lipinski definition) is 3. The summed E-state index contributed by atoms with van der Waals surface area (Å²) >= 11 is 0. The number of aromatic nitrogens is 4. The first kappa shape index (κ1) is 16.7. The highest BCUT2D eigenvalue weighted by atomic mass is 16.4. The summed E-state index contributed by atoms with van der Waals surface area (Å²) in [5.74, 6) is -0.468.